The van der Waals surface area contributed by atoms with E-state index in [-0.39, 0.29) is 12.5 Å². The molecule has 28 heavy (non-hydrogen) atoms. The van der Waals surface area contributed by atoms with Gasteiger partial charge in [0.25, 0.3) is 0 Å². The van der Waals surface area contributed by atoms with Crippen LogP contribution in [0.5, 0.6) is 11.5 Å². The van der Waals surface area contributed by atoms with Crippen LogP contribution in [0, 0.1) is 6.92 Å². The molecule has 0 spiro atoms. The van der Waals surface area contributed by atoms with E-state index in [0.29, 0.717) is 11.7 Å². The van der Waals surface area contributed by atoms with Crippen molar-refractivity contribution in [2.24, 2.45) is 0 Å². The highest BCUT2D eigenvalue weighted by molar-refractivity contribution is 7.80. The minimum Gasteiger partial charge on any atom is -0.457 e. The average molecular weight is 388 g/mol. The molecule has 4 rings (SSSR count). The highest BCUT2D eigenvalue weighted by atomic mass is 32.1. The van der Waals surface area contributed by atoms with Crippen molar-refractivity contribution in [3.05, 3.63) is 90.0 Å². The predicted molar refractivity (Wildman–Crippen MR) is 115 cm³/mol. The van der Waals surface area contributed by atoms with Crippen molar-refractivity contribution in [1.29, 1.82) is 0 Å². The van der Waals surface area contributed by atoms with E-state index in [0.717, 1.165) is 28.3 Å². The quantitative estimate of drug-likeness (QED) is 0.581. The number of anilines is 1. The molecule has 1 fully saturated rings. The molecule has 1 saturated heterocycles. The maximum Gasteiger partial charge on any atom is 0.249 e. The Labute approximate surface area is 170 Å². The van der Waals surface area contributed by atoms with Crippen molar-refractivity contribution in [1.82, 2.24) is 4.90 Å². The van der Waals surface area contributed by atoms with Gasteiger partial charge in [-0.25, -0.2) is 0 Å². The molecule has 0 aliphatic carbocycles. The van der Waals surface area contributed by atoms with Crippen molar-refractivity contribution in [3.63, 3.8) is 0 Å². The lowest BCUT2D eigenvalue weighted by molar-refractivity contribution is -0.124. The number of hydrogen-bond acceptors (Lipinski definition) is 3. The third-order valence-electron chi connectivity index (χ3n) is 4.68. The molecule has 0 aromatic heterocycles. The molecule has 0 unspecified atom stereocenters. The van der Waals surface area contributed by atoms with Gasteiger partial charge in [0.05, 0.1) is 6.54 Å². The summed E-state index contributed by atoms with van der Waals surface area (Å²) in [5.41, 5.74) is 2.94. The highest BCUT2D eigenvalue weighted by Crippen LogP contribution is 2.30. The first-order valence-electron chi connectivity index (χ1n) is 9.11. The van der Waals surface area contributed by atoms with Crippen molar-refractivity contribution in [2.75, 3.05) is 11.4 Å². The monoisotopic (exact) mass is 388 g/mol. The summed E-state index contributed by atoms with van der Waals surface area (Å²) < 4.78 is 5.95. The first-order valence-corrected chi connectivity index (χ1v) is 9.52. The molecule has 3 aromatic carbocycles. The van der Waals surface area contributed by atoms with Gasteiger partial charge in [-0.1, -0.05) is 48.5 Å². The Kier molecular flexibility index (Phi) is 5.08. The van der Waals surface area contributed by atoms with Crippen molar-refractivity contribution < 1.29 is 9.53 Å². The van der Waals surface area contributed by atoms with E-state index in [9.17, 15) is 4.79 Å². The summed E-state index contributed by atoms with van der Waals surface area (Å²) in [4.78, 5) is 16.1. The van der Waals surface area contributed by atoms with Crippen LogP contribution in [0.25, 0.3) is 0 Å². The summed E-state index contributed by atoms with van der Waals surface area (Å²) in [5.74, 6) is 1.59. The van der Waals surface area contributed by atoms with E-state index in [4.69, 9.17) is 17.0 Å². The van der Waals surface area contributed by atoms with Crippen molar-refractivity contribution in [3.8, 4) is 11.5 Å². The van der Waals surface area contributed by atoms with E-state index < -0.39 is 0 Å². The maximum atomic E-state index is 12.5. The Bertz CT molecular complexity index is 1010. The lowest BCUT2D eigenvalue weighted by atomic mass is 10.2. The molecule has 1 aliphatic rings. The van der Waals surface area contributed by atoms with Gasteiger partial charge in [-0.15, -0.1) is 0 Å². The van der Waals surface area contributed by atoms with Gasteiger partial charge in [-0.3, -0.25) is 9.69 Å². The third-order valence-corrected chi connectivity index (χ3v) is 5.12. The van der Waals surface area contributed by atoms with Crippen LogP contribution in [0.15, 0.2) is 78.9 Å². The number of thiocarbonyl (C=S) groups is 1. The summed E-state index contributed by atoms with van der Waals surface area (Å²) in [6.45, 7) is 2.73. The zero-order valence-electron chi connectivity index (χ0n) is 15.5. The molecule has 0 saturated carbocycles. The summed E-state index contributed by atoms with van der Waals surface area (Å²) in [6, 6.07) is 25.4. The summed E-state index contributed by atoms with van der Waals surface area (Å²) >= 11 is 5.60. The zero-order chi connectivity index (χ0) is 19.5. The maximum absolute atomic E-state index is 12.5. The van der Waals surface area contributed by atoms with Crippen LogP contribution >= 0.6 is 12.2 Å². The number of nitrogens with zero attached hydrogens (tertiary/aromatic N) is 2. The van der Waals surface area contributed by atoms with Gasteiger partial charge in [0, 0.05) is 5.69 Å². The van der Waals surface area contributed by atoms with Gasteiger partial charge in [0.15, 0.2) is 5.11 Å². The molecule has 140 valence electrons. The molecule has 3 aromatic rings. The second-order valence-electron chi connectivity index (χ2n) is 6.70. The number of rotatable bonds is 5. The predicted octanol–water partition coefficient (Wildman–Crippen LogP) is 4.92. The number of ether oxygens (including phenoxy) is 1. The Morgan fingerprint density at radius 2 is 1.64 bits per heavy atom. The topological polar surface area (TPSA) is 32.8 Å². The molecular weight excluding hydrogens is 368 g/mol. The van der Waals surface area contributed by atoms with Gasteiger partial charge in [-0.2, -0.15) is 0 Å². The summed E-state index contributed by atoms with van der Waals surface area (Å²) in [5, 5.41) is 0.532. The SMILES string of the molecule is Cc1cc(N2CC(=O)N(Cc3ccccc3)C2=S)ccc1Oc1ccccc1. The molecule has 1 aliphatic heterocycles. The lowest BCUT2D eigenvalue weighted by Crippen LogP contribution is -2.32. The fourth-order valence-electron chi connectivity index (χ4n) is 3.20. The van der Waals surface area contributed by atoms with Gasteiger partial charge in [0.2, 0.25) is 5.91 Å². The lowest BCUT2D eigenvalue weighted by Gasteiger charge is -2.21. The highest BCUT2D eigenvalue weighted by Gasteiger charge is 2.33. The Hall–Kier alpha value is -3.18. The summed E-state index contributed by atoms with van der Waals surface area (Å²) in [7, 11) is 0. The van der Waals surface area contributed by atoms with E-state index in [1.165, 1.54) is 0 Å². The largest absolute Gasteiger partial charge is 0.457 e. The van der Waals surface area contributed by atoms with E-state index in [1.807, 2.05) is 90.7 Å². The Morgan fingerprint density at radius 3 is 2.32 bits per heavy atom. The van der Waals surface area contributed by atoms with Crippen LogP contribution in [0.2, 0.25) is 0 Å². The van der Waals surface area contributed by atoms with Gasteiger partial charge in [0.1, 0.15) is 18.0 Å². The molecule has 0 bridgehead atoms. The van der Waals surface area contributed by atoms with Crippen LogP contribution < -0.4 is 9.64 Å². The second kappa shape index (κ2) is 7.82. The third kappa shape index (κ3) is 3.75. The number of hydrogen-bond donors (Lipinski definition) is 0. The molecule has 5 heteroatoms. The normalized spacial score (nSPS) is 13.9. The van der Waals surface area contributed by atoms with Gasteiger partial charge in [-0.05, 0) is 60.6 Å². The number of para-hydroxylation sites is 1. The van der Waals surface area contributed by atoms with Gasteiger partial charge >= 0.3 is 0 Å². The number of carbonyl (C=O) groups is 1. The molecule has 0 atom stereocenters. The average Bonchev–Trinajstić information content (AvgIpc) is 2.99. The number of carbonyl (C=O) groups excluding carboxylic acids is 1. The number of amides is 1. The molecule has 1 heterocycles. The Morgan fingerprint density at radius 1 is 0.964 bits per heavy atom. The first-order chi connectivity index (χ1) is 13.6. The van der Waals surface area contributed by atoms with Crippen LogP contribution in [0.1, 0.15) is 11.1 Å². The van der Waals surface area contributed by atoms with Crippen LogP contribution in [0.3, 0.4) is 0 Å². The van der Waals surface area contributed by atoms with E-state index in [2.05, 4.69) is 0 Å². The minimum absolute atomic E-state index is 0.0103. The van der Waals surface area contributed by atoms with E-state index in [1.54, 1.807) is 4.90 Å². The van der Waals surface area contributed by atoms with Gasteiger partial charge < -0.3 is 9.64 Å². The fourth-order valence-corrected chi connectivity index (χ4v) is 3.53. The zero-order valence-corrected chi connectivity index (χ0v) is 16.4. The molecule has 4 nitrogen and oxygen atoms in total. The standard InChI is InChI=1S/C23H20N2O2S/c1-17-14-19(12-13-21(17)27-20-10-6-3-7-11-20)24-16-22(26)25(23(24)28)15-18-8-4-2-5-9-18/h2-14H,15-16H2,1H3. The van der Waals surface area contributed by atoms with Crippen LogP contribution in [0.4, 0.5) is 5.69 Å². The Balaban J connectivity index is 1.52. The molecule has 1 amide bonds. The molecular formula is C23H20N2O2S. The molecule has 0 N–H and O–H groups in total. The fraction of sp³-hybridized carbons (Fsp3) is 0.130. The van der Waals surface area contributed by atoms with Crippen molar-refractivity contribution >= 4 is 28.9 Å². The summed E-state index contributed by atoms with van der Waals surface area (Å²) in [6.07, 6.45) is 0. The van der Waals surface area contributed by atoms with E-state index >= 15 is 0 Å². The smallest absolute Gasteiger partial charge is 0.249 e. The van der Waals surface area contributed by atoms with Crippen molar-refractivity contribution in [2.45, 2.75) is 13.5 Å². The number of benzene rings is 3. The second-order valence-corrected chi connectivity index (χ2v) is 7.06. The first kappa shape index (κ1) is 18.2. The number of aryl methyl sites for hydroxylation is 1. The van der Waals surface area contributed by atoms with Crippen LogP contribution in [-0.4, -0.2) is 22.5 Å². The minimum atomic E-state index is 0.0103. The van der Waals surface area contributed by atoms with Crippen LogP contribution in [-0.2, 0) is 11.3 Å². The molecule has 0 radical (unpaired) electrons.